The Morgan fingerprint density at radius 2 is 2.15 bits per heavy atom. The maximum absolute atomic E-state index is 12.6. The molecule has 1 amide bonds. The van der Waals surface area contributed by atoms with Gasteiger partial charge in [-0.2, -0.15) is 5.10 Å². The molecule has 0 saturated heterocycles. The van der Waals surface area contributed by atoms with Gasteiger partial charge in [0.2, 0.25) is 5.91 Å². The van der Waals surface area contributed by atoms with E-state index in [0.29, 0.717) is 40.4 Å². The average molecular weight is 467 g/mol. The van der Waals surface area contributed by atoms with Crippen LogP contribution in [0.3, 0.4) is 0 Å². The topological polar surface area (TPSA) is 118 Å². The van der Waals surface area contributed by atoms with Crippen molar-refractivity contribution in [3.8, 4) is 5.75 Å². The van der Waals surface area contributed by atoms with Crippen LogP contribution < -0.4 is 15.5 Å². The van der Waals surface area contributed by atoms with Crippen molar-refractivity contribution in [2.45, 2.75) is 31.5 Å². The van der Waals surface area contributed by atoms with E-state index in [1.54, 1.807) is 19.2 Å². The molecule has 4 rings (SSSR count). The van der Waals surface area contributed by atoms with Gasteiger partial charge in [-0.3, -0.25) is 19.9 Å². The van der Waals surface area contributed by atoms with Crippen LogP contribution in [0.5, 0.6) is 5.75 Å². The Balaban J connectivity index is 1.55. The lowest BCUT2D eigenvalue weighted by Gasteiger charge is -2.22. The van der Waals surface area contributed by atoms with Gasteiger partial charge in [0.25, 0.3) is 0 Å². The number of carbonyl (C=O) groups is 1. The molecule has 33 heavy (non-hydrogen) atoms. The zero-order valence-corrected chi connectivity index (χ0v) is 19.5. The summed E-state index contributed by atoms with van der Waals surface area (Å²) in [5, 5.41) is 20.1. The van der Waals surface area contributed by atoms with Crippen LogP contribution in [0, 0.1) is 12.3 Å². The van der Waals surface area contributed by atoms with E-state index in [9.17, 15) is 4.79 Å². The van der Waals surface area contributed by atoms with Gasteiger partial charge in [-0.15, -0.1) is 0 Å². The fraction of sp³-hybridized carbons (Fsp3) is 0.304. The van der Waals surface area contributed by atoms with Crippen molar-refractivity contribution in [3.05, 3.63) is 59.4 Å². The summed E-state index contributed by atoms with van der Waals surface area (Å²) in [5.74, 6) is 1.52. The van der Waals surface area contributed by atoms with Gasteiger partial charge in [0.1, 0.15) is 17.0 Å². The van der Waals surface area contributed by atoms with Crippen molar-refractivity contribution < 1.29 is 14.3 Å². The van der Waals surface area contributed by atoms with Gasteiger partial charge in [0.05, 0.1) is 30.9 Å². The monoisotopic (exact) mass is 466 g/mol. The number of hydrogen-bond donors (Lipinski definition) is 3. The van der Waals surface area contributed by atoms with Crippen molar-refractivity contribution in [3.63, 3.8) is 0 Å². The number of carbonyl (C=O) groups excluding carboxylic acids is 1. The van der Waals surface area contributed by atoms with Gasteiger partial charge in [0.15, 0.2) is 10.8 Å². The van der Waals surface area contributed by atoms with Crippen molar-refractivity contribution in [2.75, 3.05) is 24.8 Å². The minimum Gasteiger partial charge on any atom is -0.497 e. The Bertz CT molecular complexity index is 1280. The van der Waals surface area contributed by atoms with Gasteiger partial charge >= 0.3 is 0 Å². The van der Waals surface area contributed by atoms with E-state index in [1.807, 2.05) is 48.8 Å². The molecule has 172 valence electrons. The number of H-pyrrole nitrogens is 1. The molecule has 10 heteroatoms. The molecule has 1 atom stereocenters. The third-order valence-electron chi connectivity index (χ3n) is 5.21. The predicted molar refractivity (Wildman–Crippen MR) is 127 cm³/mol. The Labute approximate surface area is 195 Å². The first-order chi connectivity index (χ1) is 16.0. The van der Waals surface area contributed by atoms with E-state index in [2.05, 4.69) is 20.5 Å². The average Bonchev–Trinajstić information content (AvgIpc) is 3.20. The number of hydrogen-bond acceptors (Lipinski definition) is 7. The highest BCUT2D eigenvalue weighted by atomic mass is 32.2. The predicted octanol–water partition coefficient (Wildman–Crippen LogP) is 3.71. The molecule has 0 radical (unpaired) electrons. The molecule has 3 N–H and O–H groups in total. The molecule has 0 fully saturated rings. The summed E-state index contributed by atoms with van der Waals surface area (Å²) in [7, 11) is 1.63. The fourth-order valence-electron chi connectivity index (χ4n) is 3.61. The van der Waals surface area contributed by atoms with Gasteiger partial charge in [-0.25, -0.2) is 4.98 Å². The second-order valence-corrected chi connectivity index (χ2v) is 8.37. The lowest BCUT2D eigenvalue weighted by atomic mass is 10.1. The summed E-state index contributed by atoms with van der Waals surface area (Å²) in [6.45, 7) is 4.38. The normalized spacial score (nSPS) is 15.4. The summed E-state index contributed by atoms with van der Waals surface area (Å²) < 4.78 is 12.6. The lowest BCUT2D eigenvalue weighted by Crippen LogP contribution is -2.28. The van der Waals surface area contributed by atoms with Crippen LogP contribution in [-0.2, 0) is 9.53 Å². The number of ether oxygens (including phenoxy) is 2. The van der Waals surface area contributed by atoms with E-state index in [0.717, 1.165) is 17.2 Å². The molecule has 0 aliphatic heterocycles. The third-order valence-corrected chi connectivity index (χ3v) is 6.16. The second-order valence-electron chi connectivity index (χ2n) is 7.43. The van der Waals surface area contributed by atoms with Crippen LogP contribution in [0.2, 0.25) is 0 Å². The largest absolute Gasteiger partial charge is 0.497 e. The number of nitrogens with zero attached hydrogens (tertiary/aromatic N) is 3. The molecule has 1 aliphatic carbocycles. The van der Waals surface area contributed by atoms with Crippen molar-refractivity contribution >= 4 is 34.4 Å². The minimum atomic E-state index is -0.164. The molecule has 0 spiro atoms. The molecular formula is C23H26N6O3S. The van der Waals surface area contributed by atoms with Gasteiger partial charge in [-0.05, 0) is 56.7 Å². The smallest absolute Gasteiger partial charge is 0.234 e. The van der Waals surface area contributed by atoms with Crippen LogP contribution in [0.25, 0.3) is 11.0 Å². The van der Waals surface area contributed by atoms with Crippen LogP contribution in [0.1, 0.15) is 25.1 Å². The van der Waals surface area contributed by atoms with E-state index in [4.69, 9.17) is 14.9 Å². The van der Waals surface area contributed by atoms with Gasteiger partial charge < -0.3 is 14.8 Å². The molecule has 3 aromatic rings. The van der Waals surface area contributed by atoms with Gasteiger partial charge in [0, 0.05) is 11.4 Å². The summed E-state index contributed by atoms with van der Waals surface area (Å²) >= 11 is 1.28. The maximum atomic E-state index is 12.6. The number of aromatic amines is 1. The molecular weight excluding hydrogens is 440 g/mol. The van der Waals surface area contributed by atoms with Crippen LogP contribution in [0.4, 0.5) is 5.69 Å². The lowest BCUT2D eigenvalue weighted by molar-refractivity contribution is -0.113. The van der Waals surface area contributed by atoms with Crippen LogP contribution in [-0.4, -0.2) is 45.1 Å². The minimum absolute atomic E-state index is 0.112. The fourth-order valence-corrected chi connectivity index (χ4v) is 4.46. The molecule has 1 aliphatic rings. The van der Waals surface area contributed by atoms with E-state index in [1.165, 1.54) is 11.8 Å². The maximum Gasteiger partial charge on any atom is 0.234 e. The van der Waals surface area contributed by atoms with Crippen molar-refractivity contribution in [1.29, 1.82) is 5.41 Å². The van der Waals surface area contributed by atoms with E-state index >= 15 is 0 Å². The van der Waals surface area contributed by atoms with Crippen LogP contribution >= 0.6 is 11.8 Å². The Kier molecular flexibility index (Phi) is 6.83. The molecule has 1 aromatic carbocycles. The number of methoxy groups -OCH3 is 1. The number of allylic oxidation sites excluding steroid dienone is 3. The van der Waals surface area contributed by atoms with Crippen LogP contribution in [0.15, 0.2) is 53.4 Å². The molecule has 0 bridgehead atoms. The number of nitrogens with one attached hydrogen (secondary N) is 3. The number of aromatic nitrogens is 4. The molecule has 2 heterocycles. The number of fused-ring (bicyclic) bond motifs is 1. The number of aryl methyl sites for hydroxylation is 1. The highest BCUT2D eigenvalue weighted by Gasteiger charge is 2.21. The molecule has 1 unspecified atom stereocenters. The first-order valence-corrected chi connectivity index (χ1v) is 11.6. The quantitative estimate of drug-likeness (QED) is 0.344. The molecule has 9 nitrogen and oxygen atoms in total. The van der Waals surface area contributed by atoms with E-state index in [-0.39, 0.29) is 17.7 Å². The molecule has 0 saturated carbocycles. The summed E-state index contributed by atoms with van der Waals surface area (Å²) in [4.78, 5) is 17.3. The highest BCUT2D eigenvalue weighted by molar-refractivity contribution is 7.99. The van der Waals surface area contributed by atoms with E-state index < -0.39 is 0 Å². The standard InChI is InChI=1S/C23H26N6O3S/c1-4-32-18-9-5-15(6-10-18)25-19(30)13-33-23-26-22-20(14(2)27-28-22)21(24)29(23)16-7-11-17(31-3)12-8-16/h5-7,9-12,16,24H,4,8,13H2,1-3H3,(H,25,30)(H,27,28). The summed E-state index contributed by atoms with van der Waals surface area (Å²) in [5.41, 5.74) is 2.26. The number of thioether (sulfide) groups is 1. The number of amides is 1. The first kappa shape index (κ1) is 22.7. The van der Waals surface area contributed by atoms with Gasteiger partial charge in [-0.1, -0.05) is 17.8 Å². The number of anilines is 1. The Hall–Kier alpha value is -3.53. The van der Waals surface area contributed by atoms with Crippen molar-refractivity contribution in [1.82, 2.24) is 19.7 Å². The third kappa shape index (κ3) is 4.95. The summed E-state index contributed by atoms with van der Waals surface area (Å²) in [6, 6.07) is 7.13. The zero-order valence-electron chi connectivity index (χ0n) is 18.7. The Morgan fingerprint density at radius 1 is 1.36 bits per heavy atom. The Morgan fingerprint density at radius 3 is 2.82 bits per heavy atom. The molecule has 2 aromatic heterocycles. The number of benzene rings is 1. The van der Waals surface area contributed by atoms with Crippen molar-refractivity contribution in [2.24, 2.45) is 0 Å². The highest BCUT2D eigenvalue weighted by Crippen LogP contribution is 2.27. The SMILES string of the molecule is CCOc1ccc(NC(=O)CSc2nc3n[nH]c(C)c3c(=N)n2C2C=CC(OC)=CC2)cc1. The summed E-state index contributed by atoms with van der Waals surface area (Å²) in [6.07, 6.45) is 6.52. The first-order valence-electron chi connectivity index (χ1n) is 10.6. The number of rotatable bonds is 8. The zero-order chi connectivity index (χ0) is 23.4. The second kappa shape index (κ2) is 9.95.